The predicted octanol–water partition coefficient (Wildman–Crippen LogP) is 2.43. The van der Waals surface area contributed by atoms with Crippen LogP contribution in [0, 0.1) is 0 Å². The maximum Gasteiger partial charge on any atom is 0.413 e. The SMILES string of the molecule is FC(F)(F)CONCc1cncc(Br)c1. The van der Waals surface area contributed by atoms with Crippen molar-refractivity contribution in [2.24, 2.45) is 0 Å². The second kappa shape index (κ2) is 5.43. The van der Waals surface area contributed by atoms with Gasteiger partial charge >= 0.3 is 6.18 Å². The van der Waals surface area contributed by atoms with Gasteiger partial charge in [-0.2, -0.15) is 18.7 Å². The molecule has 0 amide bonds. The fraction of sp³-hybridized carbons (Fsp3) is 0.375. The Labute approximate surface area is 92.7 Å². The van der Waals surface area contributed by atoms with Gasteiger partial charge in [0.15, 0.2) is 6.61 Å². The van der Waals surface area contributed by atoms with Crippen LogP contribution in [0.3, 0.4) is 0 Å². The molecule has 0 radical (unpaired) electrons. The van der Waals surface area contributed by atoms with Crippen LogP contribution in [0.25, 0.3) is 0 Å². The highest BCUT2D eigenvalue weighted by Gasteiger charge is 2.27. The van der Waals surface area contributed by atoms with Crippen molar-refractivity contribution in [3.8, 4) is 0 Å². The van der Waals surface area contributed by atoms with Crippen molar-refractivity contribution in [1.29, 1.82) is 0 Å². The van der Waals surface area contributed by atoms with E-state index in [9.17, 15) is 13.2 Å². The van der Waals surface area contributed by atoms with Gasteiger partial charge in [-0.3, -0.25) is 9.82 Å². The van der Waals surface area contributed by atoms with Crippen molar-refractivity contribution in [2.45, 2.75) is 12.7 Å². The second-order valence-corrected chi connectivity index (χ2v) is 3.65. The zero-order valence-electron chi connectivity index (χ0n) is 7.51. The van der Waals surface area contributed by atoms with Crippen molar-refractivity contribution in [3.05, 3.63) is 28.5 Å². The molecule has 0 unspecified atom stereocenters. The molecular formula is C8H8BrF3N2O. The standard InChI is InChI=1S/C8H8BrF3N2O/c9-7-1-6(2-13-4-7)3-14-15-5-8(10,11)12/h1-2,4,14H,3,5H2. The van der Waals surface area contributed by atoms with E-state index in [4.69, 9.17) is 0 Å². The van der Waals surface area contributed by atoms with Gasteiger partial charge in [0.05, 0.1) is 0 Å². The van der Waals surface area contributed by atoms with Crippen molar-refractivity contribution < 1.29 is 18.0 Å². The molecule has 0 aliphatic heterocycles. The third-order valence-electron chi connectivity index (χ3n) is 1.38. The lowest BCUT2D eigenvalue weighted by Gasteiger charge is -2.08. The largest absolute Gasteiger partial charge is 0.413 e. The Bertz CT molecular complexity index is 319. The molecule has 1 aromatic heterocycles. The zero-order valence-corrected chi connectivity index (χ0v) is 9.10. The molecule has 0 saturated carbocycles. The van der Waals surface area contributed by atoms with Crippen LogP contribution >= 0.6 is 15.9 Å². The van der Waals surface area contributed by atoms with E-state index in [0.717, 1.165) is 10.0 Å². The van der Waals surface area contributed by atoms with Crippen LogP contribution < -0.4 is 5.48 Å². The first-order chi connectivity index (χ1) is 6.97. The van der Waals surface area contributed by atoms with Crippen molar-refractivity contribution in [1.82, 2.24) is 10.5 Å². The molecule has 0 saturated heterocycles. The number of nitrogens with zero attached hydrogens (tertiary/aromatic N) is 1. The lowest BCUT2D eigenvalue weighted by atomic mass is 10.3. The molecule has 15 heavy (non-hydrogen) atoms. The number of hydroxylamine groups is 1. The van der Waals surface area contributed by atoms with Crippen LogP contribution in [0.1, 0.15) is 5.56 Å². The first-order valence-corrected chi connectivity index (χ1v) is 4.77. The van der Waals surface area contributed by atoms with Gasteiger partial charge in [0.25, 0.3) is 0 Å². The number of aromatic nitrogens is 1. The topological polar surface area (TPSA) is 34.1 Å². The summed E-state index contributed by atoms with van der Waals surface area (Å²) < 4.78 is 35.7. The summed E-state index contributed by atoms with van der Waals surface area (Å²) in [6.07, 6.45) is -1.20. The molecule has 0 bridgehead atoms. The molecule has 3 nitrogen and oxygen atoms in total. The summed E-state index contributed by atoms with van der Waals surface area (Å²) in [6, 6.07) is 1.73. The van der Waals surface area contributed by atoms with E-state index in [2.05, 4.69) is 31.2 Å². The molecule has 1 rings (SSSR count). The summed E-state index contributed by atoms with van der Waals surface area (Å²) >= 11 is 3.19. The summed E-state index contributed by atoms with van der Waals surface area (Å²) in [7, 11) is 0. The van der Waals surface area contributed by atoms with Crippen LogP contribution in [0.2, 0.25) is 0 Å². The maximum atomic E-state index is 11.7. The Balaban J connectivity index is 2.26. The molecule has 1 N–H and O–H groups in total. The number of alkyl halides is 3. The first-order valence-electron chi connectivity index (χ1n) is 3.98. The van der Waals surface area contributed by atoms with Gasteiger partial charge in [-0.1, -0.05) is 0 Å². The van der Waals surface area contributed by atoms with Gasteiger partial charge in [0.2, 0.25) is 0 Å². The zero-order chi connectivity index (χ0) is 11.3. The minimum absolute atomic E-state index is 0.169. The number of nitrogens with one attached hydrogen (secondary N) is 1. The maximum absolute atomic E-state index is 11.7. The van der Waals surface area contributed by atoms with Crippen LogP contribution in [0.15, 0.2) is 22.9 Å². The summed E-state index contributed by atoms with van der Waals surface area (Å²) in [5.41, 5.74) is 2.93. The summed E-state index contributed by atoms with van der Waals surface area (Å²) in [5.74, 6) is 0. The van der Waals surface area contributed by atoms with Gasteiger partial charge in [0.1, 0.15) is 0 Å². The molecule has 7 heteroatoms. The average Bonchev–Trinajstić information content (AvgIpc) is 2.11. The normalized spacial score (nSPS) is 11.7. The predicted molar refractivity (Wildman–Crippen MR) is 50.8 cm³/mol. The second-order valence-electron chi connectivity index (χ2n) is 2.74. The third-order valence-corrected chi connectivity index (χ3v) is 1.81. The summed E-state index contributed by atoms with van der Waals surface area (Å²) in [5, 5.41) is 0. The average molecular weight is 285 g/mol. The molecule has 0 spiro atoms. The molecule has 0 aliphatic carbocycles. The highest BCUT2D eigenvalue weighted by molar-refractivity contribution is 9.10. The van der Waals surface area contributed by atoms with E-state index in [1.165, 1.54) is 6.20 Å². The van der Waals surface area contributed by atoms with E-state index >= 15 is 0 Å². The quantitative estimate of drug-likeness (QED) is 0.681. The molecule has 1 heterocycles. The fourth-order valence-electron chi connectivity index (χ4n) is 0.820. The smallest absolute Gasteiger partial charge is 0.292 e. The number of halogens is 4. The van der Waals surface area contributed by atoms with Crippen molar-refractivity contribution >= 4 is 15.9 Å². The van der Waals surface area contributed by atoms with E-state index in [0.29, 0.717) is 0 Å². The van der Waals surface area contributed by atoms with Crippen LogP contribution in [0.5, 0.6) is 0 Å². The molecule has 1 aromatic rings. The lowest BCUT2D eigenvalue weighted by Crippen LogP contribution is -2.24. The lowest BCUT2D eigenvalue weighted by molar-refractivity contribution is -0.190. The van der Waals surface area contributed by atoms with Crippen molar-refractivity contribution in [3.63, 3.8) is 0 Å². The van der Waals surface area contributed by atoms with Gasteiger partial charge in [-0.15, -0.1) is 0 Å². The molecule has 0 atom stereocenters. The third kappa shape index (κ3) is 5.71. The van der Waals surface area contributed by atoms with Gasteiger partial charge in [-0.25, -0.2) is 0 Å². The highest BCUT2D eigenvalue weighted by Crippen LogP contribution is 2.14. The van der Waals surface area contributed by atoms with Crippen LogP contribution in [-0.2, 0) is 11.4 Å². The number of hydrogen-bond acceptors (Lipinski definition) is 3. The van der Waals surface area contributed by atoms with Gasteiger partial charge in [-0.05, 0) is 27.6 Å². The van der Waals surface area contributed by atoms with Gasteiger partial charge < -0.3 is 0 Å². The fourth-order valence-corrected chi connectivity index (χ4v) is 1.23. The minimum atomic E-state index is -4.32. The summed E-state index contributed by atoms with van der Waals surface area (Å²) in [4.78, 5) is 8.07. The van der Waals surface area contributed by atoms with Crippen LogP contribution in [0.4, 0.5) is 13.2 Å². The minimum Gasteiger partial charge on any atom is -0.292 e. The number of pyridine rings is 1. The molecule has 0 fully saturated rings. The monoisotopic (exact) mass is 284 g/mol. The Morgan fingerprint density at radius 3 is 2.73 bits per heavy atom. The Kier molecular flexibility index (Phi) is 4.49. The van der Waals surface area contributed by atoms with E-state index in [1.54, 1.807) is 12.3 Å². The summed E-state index contributed by atoms with van der Waals surface area (Å²) in [6.45, 7) is -1.14. The van der Waals surface area contributed by atoms with Gasteiger partial charge in [0, 0.05) is 23.4 Å². The number of hydrogen-bond donors (Lipinski definition) is 1. The van der Waals surface area contributed by atoms with E-state index < -0.39 is 12.8 Å². The molecule has 0 aromatic carbocycles. The Morgan fingerprint density at radius 2 is 2.13 bits per heavy atom. The Hall–Kier alpha value is -0.660. The molecule has 84 valence electrons. The van der Waals surface area contributed by atoms with E-state index in [1.807, 2.05) is 0 Å². The molecular weight excluding hydrogens is 277 g/mol. The van der Waals surface area contributed by atoms with Crippen molar-refractivity contribution in [2.75, 3.05) is 6.61 Å². The van der Waals surface area contributed by atoms with Crippen LogP contribution in [-0.4, -0.2) is 17.8 Å². The molecule has 0 aliphatic rings. The number of rotatable bonds is 4. The Morgan fingerprint density at radius 1 is 1.40 bits per heavy atom. The first kappa shape index (κ1) is 12.4. The van der Waals surface area contributed by atoms with E-state index in [-0.39, 0.29) is 6.54 Å². The highest BCUT2D eigenvalue weighted by atomic mass is 79.9.